The lowest BCUT2D eigenvalue weighted by atomic mass is 9.87. The van der Waals surface area contributed by atoms with Gasteiger partial charge >= 0.3 is 0 Å². The number of nitrogens with zero attached hydrogens (tertiary/aromatic N) is 4. The van der Waals surface area contributed by atoms with Crippen LogP contribution in [0.15, 0.2) is 60.7 Å². The lowest BCUT2D eigenvalue weighted by Gasteiger charge is -2.20. The standard InChI is InChI=1S/C23H18N6O2/c24-8-17-11-26-22(7-21(17)30)29-13-18(12-28-29)23(31)27-10-15-2-4-20(25-9-15)19-3-1-14-5-16(19)6-14/h1-5,9,11-13,22,26H,6-7,10H2,(H,27,31). The summed E-state index contributed by atoms with van der Waals surface area (Å²) < 4.78 is 1.51. The monoisotopic (exact) mass is 410 g/mol. The molecule has 152 valence electrons. The molecule has 0 spiro atoms. The molecule has 0 saturated carbocycles. The van der Waals surface area contributed by atoms with Crippen LogP contribution in [0.25, 0.3) is 11.3 Å². The molecule has 0 radical (unpaired) electrons. The summed E-state index contributed by atoms with van der Waals surface area (Å²) in [5.41, 5.74) is 6.14. The van der Waals surface area contributed by atoms with E-state index < -0.39 is 6.17 Å². The molecule has 3 aliphatic rings. The number of hydrogen-bond donors (Lipinski definition) is 2. The van der Waals surface area contributed by atoms with Crippen LogP contribution >= 0.6 is 0 Å². The fourth-order valence-electron chi connectivity index (χ4n) is 3.71. The van der Waals surface area contributed by atoms with Crippen LogP contribution < -0.4 is 10.6 Å². The molecule has 3 aromatic rings. The lowest BCUT2D eigenvalue weighted by Crippen LogP contribution is -2.31. The van der Waals surface area contributed by atoms with Gasteiger partial charge in [0, 0.05) is 30.7 Å². The number of allylic oxidation sites excluding steroid dienone is 1. The van der Waals surface area contributed by atoms with Gasteiger partial charge in [-0.05, 0) is 29.2 Å². The molecule has 1 aliphatic heterocycles. The smallest absolute Gasteiger partial charge is 0.254 e. The van der Waals surface area contributed by atoms with Crippen molar-refractivity contribution in [2.75, 3.05) is 0 Å². The van der Waals surface area contributed by atoms with Gasteiger partial charge in [0.2, 0.25) is 0 Å². The number of carbonyl (C=O) groups excluding carboxylic acids is 2. The summed E-state index contributed by atoms with van der Waals surface area (Å²) in [5, 5.41) is 18.9. The molecule has 1 aromatic carbocycles. The van der Waals surface area contributed by atoms with E-state index in [4.69, 9.17) is 5.26 Å². The third-order valence-corrected chi connectivity index (χ3v) is 5.52. The van der Waals surface area contributed by atoms with Crippen LogP contribution in [-0.4, -0.2) is 26.5 Å². The third-order valence-electron chi connectivity index (χ3n) is 5.52. The Labute approximate surface area is 178 Å². The molecule has 2 N–H and O–H groups in total. The van der Waals surface area contributed by atoms with Gasteiger partial charge in [-0.1, -0.05) is 24.3 Å². The van der Waals surface area contributed by atoms with E-state index in [0.717, 1.165) is 23.2 Å². The molecule has 1 unspecified atom stereocenters. The average molecular weight is 410 g/mol. The lowest BCUT2D eigenvalue weighted by molar-refractivity contribution is -0.116. The number of Topliss-reactive ketones (excluding diaryl/α,β-unsaturated/α-hetero) is 1. The normalized spacial score (nSPS) is 16.5. The molecule has 0 saturated heterocycles. The number of nitriles is 1. The highest BCUT2D eigenvalue weighted by atomic mass is 16.1. The van der Waals surface area contributed by atoms with Crippen molar-refractivity contribution < 1.29 is 9.59 Å². The van der Waals surface area contributed by atoms with Crippen LogP contribution in [-0.2, 0) is 17.8 Å². The van der Waals surface area contributed by atoms with E-state index in [9.17, 15) is 9.59 Å². The number of benzene rings is 1. The summed E-state index contributed by atoms with van der Waals surface area (Å²) in [6.45, 7) is 0.345. The summed E-state index contributed by atoms with van der Waals surface area (Å²) in [4.78, 5) is 28.9. The van der Waals surface area contributed by atoms with Crippen molar-refractivity contribution in [1.82, 2.24) is 25.4 Å². The van der Waals surface area contributed by atoms with Crippen LogP contribution in [0.2, 0.25) is 0 Å². The Morgan fingerprint density at radius 3 is 2.84 bits per heavy atom. The largest absolute Gasteiger partial charge is 0.368 e. The highest BCUT2D eigenvalue weighted by molar-refractivity contribution is 5.99. The number of rotatable bonds is 5. The molecule has 0 fully saturated rings. The molecule has 1 amide bonds. The van der Waals surface area contributed by atoms with Crippen LogP contribution in [0.4, 0.5) is 0 Å². The number of amides is 1. The SMILES string of the molecule is N#CC1=CNC(n2cc(C(=O)NCc3ccc(-c4ccc5cc4C5)nc3)cn2)CC1=O. The summed E-state index contributed by atoms with van der Waals surface area (Å²) >= 11 is 0. The number of fused-ring (bicyclic) bond motifs is 2. The summed E-state index contributed by atoms with van der Waals surface area (Å²) in [7, 11) is 0. The van der Waals surface area contributed by atoms with Crippen molar-refractivity contribution >= 4 is 11.7 Å². The fraction of sp³-hybridized carbons (Fsp3) is 0.174. The molecule has 8 nitrogen and oxygen atoms in total. The van der Waals surface area contributed by atoms with E-state index in [1.807, 2.05) is 18.2 Å². The maximum Gasteiger partial charge on any atom is 0.254 e. The van der Waals surface area contributed by atoms with E-state index in [2.05, 4.69) is 38.9 Å². The van der Waals surface area contributed by atoms with E-state index in [1.54, 1.807) is 12.4 Å². The highest BCUT2D eigenvalue weighted by Gasteiger charge is 2.24. The molecular weight excluding hydrogens is 392 g/mol. The van der Waals surface area contributed by atoms with Crippen LogP contribution in [0.1, 0.15) is 39.6 Å². The van der Waals surface area contributed by atoms with Crippen molar-refractivity contribution in [2.24, 2.45) is 0 Å². The van der Waals surface area contributed by atoms with Gasteiger partial charge in [-0.25, -0.2) is 4.68 Å². The number of pyridine rings is 1. The Balaban J connectivity index is 1.20. The fourth-order valence-corrected chi connectivity index (χ4v) is 3.71. The first-order chi connectivity index (χ1) is 15.1. The number of ketones is 1. The molecule has 6 rings (SSSR count). The van der Waals surface area contributed by atoms with Crippen LogP contribution in [0.3, 0.4) is 0 Å². The minimum atomic E-state index is -0.423. The quantitative estimate of drug-likeness (QED) is 0.522. The molecule has 8 heteroatoms. The minimum absolute atomic E-state index is 0.0893. The third kappa shape index (κ3) is 3.57. The summed E-state index contributed by atoms with van der Waals surface area (Å²) in [6.07, 6.45) is 6.88. The van der Waals surface area contributed by atoms with Crippen molar-refractivity contribution in [3.8, 4) is 17.3 Å². The highest BCUT2D eigenvalue weighted by Crippen LogP contribution is 2.31. The van der Waals surface area contributed by atoms with Gasteiger partial charge in [0.25, 0.3) is 5.91 Å². The van der Waals surface area contributed by atoms with Crippen molar-refractivity contribution in [2.45, 2.75) is 25.6 Å². The van der Waals surface area contributed by atoms with Crippen molar-refractivity contribution in [3.63, 3.8) is 0 Å². The number of nitrogens with one attached hydrogen (secondary N) is 2. The zero-order valence-electron chi connectivity index (χ0n) is 16.5. The summed E-state index contributed by atoms with van der Waals surface area (Å²) in [5.74, 6) is -0.518. The molecule has 3 heterocycles. The first-order valence-corrected chi connectivity index (χ1v) is 9.90. The average Bonchev–Trinajstić information content (AvgIpc) is 3.28. The molecule has 1 atom stereocenters. The van der Waals surface area contributed by atoms with Gasteiger partial charge in [-0.3, -0.25) is 14.6 Å². The Bertz CT molecular complexity index is 1260. The number of aromatic nitrogens is 3. The number of hydrogen-bond acceptors (Lipinski definition) is 6. The van der Waals surface area contributed by atoms with Crippen LogP contribution in [0.5, 0.6) is 0 Å². The summed E-state index contributed by atoms with van der Waals surface area (Å²) in [6, 6.07) is 12.2. The predicted molar refractivity (Wildman–Crippen MR) is 111 cm³/mol. The molecule has 2 aliphatic carbocycles. The van der Waals surface area contributed by atoms with E-state index in [1.165, 1.54) is 28.2 Å². The Hall–Kier alpha value is -4.25. The van der Waals surface area contributed by atoms with Crippen molar-refractivity contribution in [1.29, 1.82) is 5.26 Å². The predicted octanol–water partition coefficient (Wildman–Crippen LogP) is 2.25. The minimum Gasteiger partial charge on any atom is -0.368 e. The molecule has 31 heavy (non-hydrogen) atoms. The molecular formula is C23H18N6O2. The van der Waals surface area contributed by atoms with E-state index in [0.29, 0.717) is 12.1 Å². The Kier molecular flexibility index (Phi) is 4.56. The topological polar surface area (TPSA) is 113 Å². The Morgan fingerprint density at radius 1 is 1.29 bits per heavy atom. The first-order valence-electron chi connectivity index (χ1n) is 9.90. The van der Waals surface area contributed by atoms with Gasteiger partial charge in [0.1, 0.15) is 17.8 Å². The van der Waals surface area contributed by atoms with Gasteiger partial charge in [0.05, 0.1) is 23.9 Å². The zero-order chi connectivity index (χ0) is 21.4. The van der Waals surface area contributed by atoms with Gasteiger partial charge in [0.15, 0.2) is 5.78 Å². The second kappa shape index (κ2) is 7.54. The second-order valence-electron chi connectivity index (χ2n) is 7.59. The second-order valence-corrected chi connectivity index (χ2v) is 7.59. The first kappa shape index (κ1) is 18.8. The Morgan fingerprint density at radius 2 is 2.16 bits per heavy atom. The van der Waals surface area contributed by atoms with E-state index in [-0.39, 0.29) is 23.7 Å². The van der Waals surface area contributed by atoms with Gasteiger partial charge in [-0.2, -0.15) is 10.4 Å². The van der Waals surface area contributed by atoms with Crippen molar-refractivity contribution in [3.05, 3.63) is 82.9 Å². The zero-order valence-corrected chi connectivity index (χ0v) is 16.5. The maximum absolute atomic E-state index is 12.5. The molecule has 2 bridgehead atoms. The van der Waals surface area contributed by atoms with Gasteiger partial charge in [-0.15, -0.1) is 0 Å². The van der Waals surface area contributed by atoms with Gasteiger partial charge < -0.3 is 10.6 Å². The molecule has 2 aromatic heterocycles. The maximum atomic E-state index is 12.5. The van der Waals surface area contributed by atoms with Crippen LogP contribution in [0, 0.1) is 11.3 Å². The number of carbonyl (C=O) groups is 2. The van der Waals surface area contributed by atoms with E-state index >= 15 is 0 Å².